The predicted molar refractivity (Wildman–Crippen MR) is 72.6 cm³/mol. The Kier molecular flexibility index (Phi) is 5.67. The van der Waals surface area contributed by atoms with Crippen LogP contribution < -0.4 is 11.1 Å². The van der Waals surface area contributed by atoms with Crippen molar-refractivity contribution in [2.24, 2.45) is 5.73 Å². The number of para-hydroxylation sites is 1. The number of carboxylic acids is 1. The zero-order valence-corrected chi connectivity index (χ0v) is 10.8. The highest BCUT2D eigenvalue weighted by atomic mass is 32.2. The van der Waals surface area contributed by atoms with Gasteiger partial charge in [-0.05, 0) is 19.1 Å². The Balaban J connectivity index is 2.40. The molecule has 0 heterocycles. The molecule has 2 unspecified atom stereocenters. The lowest BCUT2D eigenvalue weighted by Gasteiger charge is -2.13. The molecule has 0 saturated carbocycles. The zero-order valence-electron chi connectivity index (χ0n) is 10.00. The number of carbonyl (C=O) groups is 2. The lowest BCUT2D eigenvalue weighted by molar-refractivity contribution is -0.137. The average Bonchev–Trinajstić information content (AvgIpc) is 2.36. The van der Waals surface area contributed by atoms with E-state index in [1.165, 1.54) is 11.8 Å². The molecule has 1 aromatic carbocycles. The molecule has 4 N–H and O–H groups in total. The molecular weight excluding hydrogens is 252 g/mol. The Morgan fingerprint density at radius 1 is 1.39 bits per heavy atom. The fraction of sp³-hybridized carbons (Fsp3) is 0.333. The van der Waals surface area contributed by atoms with Crippen LogP contribution in [0.25, 0.3) is 0 Å². The van der Waals surface area contributed by atoms with Crippen molar-refractivity contribution >= 4 is 29.3 Å². The van der Waals surface area contributed by atoms with Gasteiger partial charge in [-0.15, -0.1) is 11.8 Å². The van der Waals surface area contributed by atoms with E-state index < -0.39 is 12.0 Å². The minimum absolute atomic E-state index is 0.163. The lowest BCUT2D eigenvalue weighted by atomic mass is 10.3. The number of nitrogens with one attached hydrogen (secondary N) is 1. The molecule has 1 rings (SSSR count). The van der Waals surface area contributed by atoms with Crippen molar-refractivity contribution in [3.05, 3.63) is 30.3 Å². The lowest BCUT2D eigenvalue weighted by Crippen LogP contribution is -2.34. The zero-order chi connectivity index (χ0) is 13.5. The molecular formula is C12H16N2O3S. The molecule has 0 aliphatic heterocycles. The third-order valence-corrected chi connectivity index (χ3v) is 3.52. The van der Waals surface area contributed by atoms with Gasteiger partial charge in [-0.25, -0.2) is 0 Å². The van der Waals surface area contributed by atoms with E-state index in [0.29, 0.717) is 0 Å². The van der Waals surface area contributed by atoms with Crippen LogP contribution in [0.4, 0.5) is 5.69 Å². The maximum absolute atomic E-state index is 11.8. The van der Waals surface area contributed by atoms with Crippen LogP contribution in [-0.4, -0.2) is 34.0 Å². The summed E-state index contributed by atoms with van der Waals surface area (Å²) < 4.78 is 0. The van der Waals surface area contributed by atoms with Gasteiger partial charge < -0.3 is 16.2 Å². The molecule has 0 aliphatic carbocycles. The summed E-state index contributed by atoms with van der Waals surface area (Å²) >= 11 is 1.22. The number of hydrogen-bond acceptors (Lipinski definition) is 4. The van der Waals surface area contributed by atoms with Crippen LogP contribution in [0.15, 0.2) is 30.3 Å². The number of hydrogen-bond donors (Lipinski definition) is 3. The monoisotopic (exact) mass is 268 g/mol. The van der Waals surface area contributed by atoms with Gasteiger partial charge in [-0.3, -0.25) is 9.59 Å². The fourth-order valence-electron chi connectivity index (χ4n) is 1.16. The summed E-state index contributed by atoms with van der Waals surface area (Å²) in [4.78, 5) is 22.3. The quantitative estimate of drug-likeness (QED) is 0.720. The van der Waals surface area contributed by atoms with Crippen LogP contribution in [0, 0.1) is 0 Å². The Hall–Kier alpha value is -1.53. The van der Waals surface area contributed by atoms with Gasteiger partial charge in [0.1, 0.15) is 6.04 Å². The molecule has 0 bridgehead atoms. The Morgan fingerprint density at radius 3 is 2.56 bits per heavy atom. The molecule has 5 nitrogen and oxygen atoms in total. The van der Waals surface area contributed by atoms with Crippen molar-refractivity contribution < 1.29 is 14.7 Å². The molecule has 1 amide bonds. The number of thioether (sulfide) groups is 1. The van der Waals surface area contributed by atoms with Gasteiger partial charge in [-0.2, -0.15) is 0 Å². The third-order valence-electron chi connectivity index (χ3n) is 2.25. The number of carboxylic acid groups (broad SMARTS) is 1. The highest BCUT2D eigenvalue weighted by Gasteiger charge is 2.18. The van der Waals surface area contributed by atoms with Crippen LogP contribution in [0.3, 0.4) is 0 Å². The number of anilines is 1. The summed E-state index contributed by atoms with van der Waals surface area (Å²) in [5.41, 5.74) is 6.09. The molecule has 0 aromatic heterocycles. The number of nitrogens with two attached hydrogens (primary N) is 1. The van der Waals surface area contributed by atoms with E-state index in [4.69, 9.17) is 10.8 Å². The first-order valence-corrected chi connectivity index (χ1v) is 6.51. The van der Waals surface area contributed by atoms with Crippen LogP contribution >= 0.6 is 11.8 Å². The van der Waals surface area contributed by atoms with E-state index in [-0.39, 0.29) is 16.9 Å². The van der Waals surface area contributed by atoms with Crippen molar-refractivity contribution in [1.29, 1.82) is 0 Å². The van der Waals surface area contributed by atoms with Crippen molar-refractivity contribution in [3.8, 4) is 0 Å². The van der Waals surface area contributed by atoms with Gasteiger partial charge in [0.2, 0.25) is 5.91 Å². The smallest absolute Gasteiger partial charge is 0.321 e. The number of benzene rings is 1. The van der Waals surface area contributed by atoms with E-state index in [1.807, 2.05) is 18.2 Å². The van der Waals surface area contributed by atoms with Crippen LogP contribution in [-0.2, 0) is 9.59 Å². The largest absolute Gasteiger partial charge is 0.480 e. The second kappa shape index (κ2) is 7.03. The SMILES string of the molecule is CC(SCC(N)C(=O)O)C(=O)Nc1ccccc1. The first-order chi connectivity index (χ1) is 8.50. The molecule has 1 aromatic rings. The summed E-state index contributed by atoms with van der Waals surface area (Å²) in [6.07, 6.45) is 0. The number of aliphatic carboxylic acids is 1. The van der Waals surface area contributed by atoms with Gasteiger partial charge in [0, 0.05) is 11.4 Å². The molecule has 0 spiro atoms. The van der Waals surface area contributed by atoms with E-state index in [9.17, 15) is 9.59 Å². The Morgan fingerprint density at radius 2 is 2.00 bits per heavy atom. The summed E-state index contributed by atoms with van der Waals surface area (Å²) in [7, 11) is 0. The highest BCUT2D eigenvalue weighted by molar-refractivity contribution is 8.00. The molecule has 2 atom stereocenters. The molecule has 0 radical (unpaired) electrons. The maximum atomic E-state index is 11.8. The maximum Gasteiger partial charge on any atom is 0.321 e. The molecule has 18 heavy (non-hydrogen) atoms. The third kappa shape index (κ3) is 4.77. The topological polar surface area (TPSA) is 92.4 Å². The van der Waals surface area contributed by atoms with Gasteiger partial charge in [0.25, 0.3) is 0 Å². The highest BCUT2D eigenvalue weighted by Crippen LogP contribution is 2.14. The minimum atomic E-state index is -1.06. The van der Waals surface area contributed by atoms with E-state index >= 15 is 0 Å². The predicted octanol–water partition coefficient (Wildman–Crippen LogP) is 1.16. The van der Waals surface area contributed by atoms with Crippen molar-refractivity contribution in [3.63, 3.8) is 0 Å². The molecule has 0 fully saturated rings. The van der Waals surface area contributed by atoms with Crippen molar-refractivity contribution in [1.82, 2.24) is 0 Å². The van der Waals surface area contributed by atoms with E-state index in [0.717, 1.165) is 5.69 Å². The molecule has 98 valence electrons. The summed E-state index contributed by atoms with van der Waals surface area (Å²) in [6, 6.07) is 8.15. The average molecular weight is 268 g/mol. The van der Waals surface area contributed by atoms with E-state index in [1.54, 1.807) is 19.1 Å². The van der Waals surface area contributed by atoms with E-state index in [2.05, 4.69) is 5.32 Å². The number of carbonyl (C=O) groups excluding carboxylic acids is 1. The van der Waals surface area contributed by atoms with Gasteiger partial charge in [0.15, 0.2) is 0 Å². The van der Waals surface area contributed by atoms with Gasteiger partial charge in [0.05, 0.1) is 5.25 Å². The normalized spacial score (nSPS) is 13.7. The Bertz CT molecular complexity index is 411. The van der Waals surface area contributed by atoms with Gasteiger partial charge >= 0.3 is 5.97 Å². The first kappa shape index (κ1) is 14.5. The second-order valence-corrected chi connectivity index (χ2v) is 5.15. The van der Waals surface area contributed by atoms with Crippen molar-refractivity contribution in [2.75, 3.05) is 11.1 Å². The van der Waals surface area contributed by atoms with Crippen molar-refractivity contribution in [2.45, 2.75) is 18.2 Å². The number of rotatable bonds is 6. The first-order valence-electron chi connectivity index (χ1n) is 5.46. The Labute approximate surface area is 110 Å². The summed E-state index contributed by atoms with van der Waals surface area (Å²) in [6.45, 7) is 1.72. The fourth-order valence-corrected chi connectivity index (χ4v) is 2.01. The van der Waals surface area contributed by atoms with Crippen LogP contribution in [0.2, 0.25) is 0 Å². The van der Waals surface area contributed by atoms with Crippen LogP contribution in [0.5, 0.6) is 0 Å². The summed E-state index contributed by atoms with van der Waals surface area (Å²) in [5, 5.41) is 11.0. The molecule has 0 aliphatic rings. The molecule has 0 saturated heterocycles. The molecule has 6 heteroatoms. The van der Waals surface area contributed by atoms with Crippen LogP contribution in [0.1, 0.15) is 6.92 Å². The standard InChI is InChI=1S/C12H16N2O3S/c1-8(18-7-10(13)12(16)17)11(15)14-9-5-3-2-4-6-9/h2-6,8,10H,7,13H2,1H3,(H,14,15)(H,16,17). The minimum Gasteiger partial charge on any atom is -0.480 e. The second-order valence-electron chi connectivity index (χ2n) is 3.78. The summed E-state index contributed by atoms with van der Waals surface area (Å²) in [5.74, 6) is -1.01. The number of amides is 1. The van der Waals surface area contributed by atoms with Gasteiger partial charge in [-0.1, -0.05) is 18.2 Å².